The topological polar surface area (TPSA) is 47.4 Å². The minimum atomic E-state index is -0.0164. The zero-order valence-electron chi connectivity index (χ0n) is 16.5. The summed E-state index contributed by atoms with van der Waals surface area (Å²) in [5.41, 5.74) is 4.40. The number of rotatable bonds is 3. The molecule has 1 saturated heterocycles. The highest BCUT2D eigenvalue weighted by Crippen LogP contribution is 2.24. The van der Waals surface area contributed by atoms with Crippen LogP contribution in [0.3, 0.4) is 0 Å². The fourth-order valence-electron chi connectivity index (χ4n) is 3.67. The molecule has 2 atom stereocenters. The molecule has 28 heavy (non-hydrogen) atoms. The van der Waals surface area contributed by atoms with Gasteiger partial charge >= 0.3 is 0 Å². The fourth-order valence-corrected chi connectivity index (χ4v) is 3.67. The quantitative estimate of drug-likeness (QED) is 0.692. The van der Waals surface area contributed by atoms with Crippen LogP contribution in [0.2, 0.25) is 0 Å². The summed E-state index contributed by atoms with van der Waals surface area (Å²) in [6, 6.07) is 19.9. The molecule has 144 valence electrons. The second kappa shape index (κ2) is 7.60. The molecule has 1 fully saturated rings. The van der Waals surface area contributed by atoms with E-state index in [4.69, 9.17) is 9.84 Å². The van der Waals surface area contributed by atoms with Crippen molar-refractivity contribution in [1.29, 1.82) is 0 Å². The van der Waals surface area contributed by atoms with Crippen molar-refractivity contribution in [1.82, 2.24) is 14.7 Å². The van der Waals surface area contributed by atoms with E-state index in [0.717, 1.165) is 16.9 Å². The lowest BCUT2D eigenvalue weighted by Gasteiger charge is -2.35. The van der Waals surface area contributed by atoms with Crippen LogP contribution < -0.4 is 0 Å². The average molecular weight is 375 g/mol. The Hall–Kier alpha value is -2.92. The summed E-state index contributed by atoms with van der Waals surface area (Å²) < 4.78 is 7.55. The minimum absolute atomic E-state index is 0.0164. The predicted octanol–water partition coefficient (Wildman–Crippen LogP) is 4.10. The van der Waals surface area contributed by atoms with E-state index >= 15 is 0 Å². The van der Waals surface area contributed by atoms with E-state index in [1.54, 1.807) is 4.68 Å². The number of ether oxygens (including phenoxy) is 1. The van der Waals surface area contributed by atoms with Crippen molar-refractivity contribution < 1.29 is 9.53 Å². The first-order valence-corrected chi connectivity index (χ1v) is 9.68. The van der Waals surface area contributed by atoms with Crippen molar-refractivity contribution in [3.63, 3.8) is 0 Å². The Bertz CT molecular complexity index is 953. The van der Waals surface area contributed by atoms with Gasteiger partial charge in [0, 0.05) is 18.7 Å². The number of amides is 1. The summed E-state index contributed by atoms with van der Waals surface area (Å²) in [5.74, 6) is -0.0164. The number of carbonyl (C=O) groups excluding carboxylic acids is 1. The molecule has 0 saturated carbocycles. The SMILES string of the molecule is Cc1ccc(-n2nc(-c3ccccc3)cc2C(=O)N2CC(C)OC(C)C2)cc1. The first-order valence-electron chi connectivity index (χ1n) is 9.68. The second-order valence-corrected chi connectivity index (χ2v) is 7.50. The van der Waals surface area contributed by atoms with Gasteiger partial charge in [0.1, 0.15) is 5.69 Å². The average Bonchev–Trinajstić information content (AvgIpc) is 3.13. The monoisotopic (exact) mass is 375 g/mol. The molecule has 0 aliphatic carbocycles. The Labute approximate surface area is 165 Å². The standard InChI is InChI=1S/C23H25N3O2/c1-16-9-11-20(12-10-16)26-22(13-21(24-26)19-7-5-4-6-8-19)23(27)25-14-17(2)28-18(3)15-25/h4-13,17-18H,14-15H2,1-3H3. The van der Waals surface area contributed by atoms with Gasteiger partial charge in [-0.15, -0.1) is 0 Å². The number of hydrogen-bond donors (Lipinski definition) is 0. The Morgan fingerprint density at radius 2 is 1.64 bits per heavy atom. The molecule has 2 heterocycles. The lowest BCUT2D eigenvalue weighted by atomic mass is 10.1. The molecule has 0 bridgehead atoms. The number of hydrogen-bond acceptors (Lipinski definition) is 3. The summed E-state index contributed by atoms with van der Waals surface area (Å²) in [4.78, 5) is 15.3. The number of benzene rings is 2. The summed E-state index contributed by atoms with van der Waals surface area (Å²) in [6.07, 6.45) is 0.0501. The molecule has 1 amide bonds. The van der Waals surface area contributed by atoms with Crippen molar-refractivity contribution in [2.75, 3.05) is 13.1 Å². The van der Waals surface area contributed by atoms with Crippen LogP contribution in [0.25, 0.3) is 16.9 Å². The molecular formula is C23H25N3O2. The molecule has 5 heteroatoms. The third kappa shape index (κ3) is 3.71. The Morgan fingerprint density at radius 3 is 2.29 bits per heavy atom. The summed E-state index contributed by atoms with van der Waals surface area (Å²) >= 11 is 0. The lowest BCUT2D eigenvalue weighted by molar-refractivity contribution is -0.0588. The van der Waals surface area contributed by atoms with E-state index in [1.165, 1.54) is 5.56 Å². The molecule has 3 aromatic rings. The van der Waals surface area contributed by atoms with Gasteiger partial charge in [-0.2, -0.15) is 5.10 Å². The largest absolute Gasteiger partial charge is 0.372 e. The van der Waals surface area contributed by atoms with E-state index in [9.17, 15) is 4.79 Å². The van der Waals surface area contributed by atoms with Gasteiger partial charge in [0.15, 0.2) is 0 Å². The van der Waals surface area contributed by atoms with Crippen molar-refractivity contribution in [3.05, 3.63) is 71.9 Å². The highest BCUT2D eigenvalue weighted by Gasteiger charge is 2.29. The highest BCUT2D eigenvalue weighted by atomic mass is 16.5. The summed E-state index contributed by atoms with van der Waals surface area (Å²) in [7, 11) is 0. The van der Waals surface area contributed by atoms with Crippen LogP contribution in [-0.4, -0.2) is 45.9 Å². The number of nitrogens with zero attached hydrogens (tertiary/aromatic N) is 3. The van der Waals surface area contributed by atoms with Crippen LogP contribution in [0, 0.1) is 6.92 Å². The van der Waals surface area contributed by atoms with Gasteiger partial charge in [-0.25, -0.2) is 4.68 Å². The normalized spacial score (nSPS) is 19.6. The van der Waals surface area contributed by atoms with E-state index in [1.807, 2.05) is 86.3 Å². The van der Waals surface area contributed by atoms with Gasteiger partial charge in [-0.1, -0.05) is 48.0 Å². The Morgan fingerprint density at radius 1 is 1.00 bits per heavy atom. The molecule has 2 aromatic carbocycles. The number of morpholine rings is 1. The van der Waals surface area contributed by atoms with Crippen LogP contribution in [0.4, 0.5) is 0 Å². The Kier molecular flexibility index (Phi) is 5.01. The number of aryl methyl sites for hydroxylation is 1. The molecule has 1 aliphatic rings. The lowest BCUT2D eigenvalue weighted by Crippen LogP contribution is -2.48. The molecule has 2 unspecified atom stereocenters. The third-order valence-corrected chi connectivity index (χ3v) is 4.98. The van der Waals surface area contributed by atoms with Crippen molar-refractivity contribution in [3.8, 4) is 16.9 Å². The van der Waals surface area contributed by atoms with Crippen LogP contribution in [0.15, 0.2) is 60.7 Å². The molecule has 1 aromatic heterocycles. The van der Waals surface area contributed by atoms with Gasteiger partial charge < -0.3 is 9.64 Å². The van der Waals surface area contributed by atoms with Crippen LogP contribution in [0.1, 0.15) is 29.9 Å². The maximum atomic E-state index is 13.4. The molecule has 1 aliphatic heterocycles. The number of aromatic nitrogens is 2. The molecule has 0 spiro atoms. The van der Waals surface area contributed by atoms with Gasteiger partial charge in [-0.05, 0) is 39.0 Å². The van der Waals surface area contributed by atoms with E-state index in [2.05, 4.69) is 0 Å². The van der Waals surface area contributed by atoms with E-state index in [-0.39, 0.29) is 18.1 Å². The Balaban J connectivity index is 1.77. The van der Waals surface area contributed by atoms with Crippen molar-refractivity contribution in [2.45, 2.75) is 33.0 Å². The van der Waals surface area contributed by atoms with Crippen molar-refractivity contribution in [2.24, 2.45) is 0 Å². The zero-order valence-corrected chi connectivity index (χ0v) is 16.5. The van der Waals surface area contributed by atoms with Crippen LogP contribution in [-0.2, 0) is 4.74 Å². The van der Waals surface area contributed by atoms with Crippen LogP contribution in [0.5, 0.6) is 0 Å². The number of carbonyl (C=O) groups is 1. The van der Waals surface area contributed by atoms with Gasteiger partial charge in [-0.3, -0.25) is 4.79 Å². The third-order valence-electron chi connectivity index (χ3n) is 4.98. The first kappa shape index (κ1) is 18.4. The summed E-state index contributed by atoms with van der Waals surface area (Å²) in [5, 5.41) is 4.77. The zero-order chi connectivity index (χ0) is 19.7. The smallest absolute Gasteiger partial charge is 0.272 e. The highest BCUT2D eigenvalue weighted by molar-refractivity contribution is 5.94. The fraction of sp³-hybridized carbons (Fsp3) is 0.304. The van der Waals surface area contributed by atoms with Crippen molar-refractivity contribution >= 4 is 5.91 Å². The predicted molar refractivity (Wildman–Crippen MR) is 110 cm³/mol. The first-order chi connectivity index (χ1) is 13.5. The van der Waals surface area contributed by atoms with E-state index in [0.29, 0.717) is 18.8 Å². The molecule has 5 nitrogen and oxygen atoms in total. The second-order valence-electron chi connectivity index (χ2n) is 7.50. The molecule has 0 radical (unpaired) electrons. The molecular weight excluding hydrogens is 350 g/mol. The van der Waals surface area contributed by atoms with Gasteiger partial charge in [0.05, 0.1) is 23.6 Å². The maximum Gasteiger partial charge on any atom is 0.272 e. The van der Waals surface area contributed by atoms with Crippen LogP contribution >= 0.6 is 0 Å². The minimum Gasteiger partial charge on any atom is -0.372 e. The molecule has 4 rings (SSSR count). The van der Waals surface area contributed by atoms with Gasteiger partial charge in [0.25, 0.3) is 5.91 Å². The maximum absolute atomic E-state index is 13.4. The molecule has 0 N–H and O–H groups in total. The van der Waals surface area contributed by atoms with Gasteiger partial charge in [0.2, 0.25) is 0 Å². The summed E-state index contributed by atoms with van der Waals surface area (Å²) in [6.45, 7) is 7.22. The van der Waals surface area contributed by atoms with E-state index < -0.39 is 0 Å².